The molecule has 226 valence electrons. The Morgan fingerprint density at radius 1 is 0.667 bits per heavy atom. The first-order chi connectivity index (χ1) is 21.4. The van der Waals surface area contributed by atoms with E-state index in [0.717, 1.165) is 56.9 Å². The first kappa shape index (κ1) is 29.8. The Morgan fingerprint density at radius 2 is 1.27 bits per heavy atom. The molecule has 7 rings (SSSR count). The zero-order chi connectivity index (χ0) is 30.5. The molecule has 5 aromatic carbocycles. The Kier molecular flexibility index (Phi) is 7.72. The minimum atomic E-state index is -0.751. The van der Waals surface area contributed by atoms with Crippen molar-refractivity contribution in [3.05, 3.63) is 113 Å². The van der Waals surface area contributed by atoms with Gasteiger partial charge in [0.15, 0.2) is 35.7 Å². The molecule has 7 nitrogen and oxygen atoms in total. The summed E-state index contributed by atoms with van der Waals surface area (Å²) in [7, 11) is 3.20. The summed E-state index contributed by atoms with van der Waals surface area (Å²) in [6, 6.07) is 19.2. The lowest BCUT2D eigenvalue weighted by Gasteiger charge is -2.20. The van der Waals surface area contributed by atoms with Gasteiger partial charge in [0.25, 0.3) is 0 Å². The van der Waals surface area contributed by atoms with Crippen LogP contribution in [0.5, 0.6) is 23.0 Å². The van der Waals surface area contributed by atoms with Crippen molar-refractivity contribution in [2.75, 3.05) is 14.2 Å². The number of aryl methyl sites for hydroxylation is 2. The normalized spacial score (nSPS) is 11.8. The highest BCUT2D eigenvalue weighted by molar-refractivity contribution is 6.17. The highest BCUT2D eigenvalue weighted by Crippen LogP contribution is 2.45. The highest BCUT2D eigenvalue weighted by atomic mass is 35.5. The molecule has 0 atom stereocenters. The average Bonchev–Trinajstić information content (AvgIpc) is 3.04. The number of carbonyl (C=O) groups is 2. The molecular weight excluding hydrogens is 604 g/mol. The number of aromatic nitrogens is 1. The molecule has 10 heteroatoms. The number of pyridine rings is 1. The van der Waals surface area contributed by atoms with Crippen molar-refractivity contribution < 1.29 is 41.9 Å². The second-order valence-electron chi connectivity index (χ2n) is 10.4. The van der Waals surface area contributed by atoms with Crippen LogP contribution in [-0.2, 0) is 13.0 Å². The zero-order valence-corrected chi connectivity index (χ0v) is 24.9. The van der Waals surface area contributed by atoms with Gasteiger partial charge in [0, 0.05) is 17.2 Å². The molecule has 2 heterocycles. The van der Waals surface area contributed by atoms with Gasteiger partial charge in [-0.3, -0.25) is 0 Å². The predicted molar refractivity (Wildman–Crippen MR) is 166 cm³/mol. The van der Waals surface area contributed by atoms with Crippen LogP contribution < -0.4 is 23.5 Å². The van der Waals surface area contributed by atoms with Gasteiger partial charge in [0.2, 0.25) is 5.52 Å². The van der Waals surface area contributed by atoms with E-state index in [2.05, 4.69) is 4.57 Å². The van der Waals surface area contributed by atoms with Crippen LogP contribution in [0.1, 0.15) is 26.3 Å². The van der Waals surface area contributed by atoms with Gasteiger partial charge in [-0.2, -0.15) is 4.57 Å². The lowest BCUT2D eigenvalue weighted by atomic mass is 9.92. The number of halogens is 3. The molecule has 1 aromatic heterocycles. The Balaban J connectivity index is 0.00000357. The number of rotatable bonds is 6. The fraction of sp³-hybridized carbons (Fsp3) is 0.114. The maximum absolute atomic E-state index is 13.6. The average molecular weight is 629 g/mol. The molecule has 6 aromatic rings. The van der Waals surface area contributed by atoms with Crippen molar-refractivity contribution in [1.29, 1.82) is 0 Å². The van der Waals surface area contributed by atoms with Crippen LogP contribution in [0.25, 0.3) is 32.4 Å². The standard InChI is InChI=1S/C35H24F2NO6.ClH/c1-41-28-14-13-24-25-11-12-26-30-21(15-16-38(31(25)30)18-27(24)32(28)42-2)17-29(43-34(39)19-3-7-22(36)8-4-19)33(26)44-35(40)20-5-9-23(37)10-6-20;/h3-14,17-18H,15-16H2,1-2H3;1H/q+1;. The molecule has 0 spiro atoms. The summed E-state index contributed by atoms with van der Waals surface area (Å²) >= 11 is 0. The number of fused-ring (bicyclic) bond motifs is 2. The number of ether oxygens (including phenoxy) is 4. The van der Waals surface area contributed by atoms with Crippen molar-refractivity contribution >= 4 is 56.8 Å². The fourth-order valence-corrected chi connectivity index (χ4v) is 5.86. The number of hydrogen-bond acceptors (Lipinski definition) is 6. The van der Waals surface area contributed by atoms with Crippen LogP contribution in [0.3, 0.4) is 0 Å². The number of esters is 2. The van der Waals surface area contributed by atoms with Crippen LogP contribution >= 0.6 is 12.4 Å². The first-order valence-electron chi connectivity index (χ1n) is 13.8. The molecule has 0 bridgehead atoms. The monoisotopic (exact) mass is 628 g/mol. The summed E-state index contributed by atoms with van der Waals surface area (Å²) < 4.78 is 52.2. The molecule has 0 N–H and O–H groups in total. The third-order valence-corrected chi connectivity index (χ3v) is 7.90. The van der Waals surface area contributed by atoms with Gasteiger partial charge < -0.3 is 18.9 Å². The third kappa shape index (κ3) is 5.05. The number of nitrogens with zero attached hydrogens (tertiary/aromatic N) is 1. The second-order valence-corrected chi connectivity index (χ2v) is 10.4. The van der Waals surface area contributed by atoms with E-state index in [0.29, 0.717) is 29.9 Å². The summed E-state index contributed by atoms with van der Waals surface area (Å²) in [6.45, 7) is 0.624. The van der Waals surface area contributed by atoms with E-state index in [1.54, 1.807) is 20.3 Å². The second kappa shape index (κ2) is 11.7. The quantitative estimate of drug-likeness (QED) is 0.0845. The van der Waals surface area contributed by atoms with Crippen molar-refractivity contribution in [3.63, 3.8) is 0 Å². The summed E-state index contributed by atoms with van der Waals surface area (Å²) in [4.78, 5) is 26.4. The fourth-order valence-electron chi connectivity index (χ4n) is 5.86. The molecule has 0 saturated carbocycles. The minimum absolute atomic E-state index is 0. The van der Waals surface area contributed by atoms with Crippen LogP contribution in [0.2, 0.25) is 0 Å². The van der Waals surface area contributed by atoms with Crippen molar-refractivity contribution in [1.82, 2.24) is 0 Å². The van der Waals surface area contributed by atoms with Gasteiger partial charge in [-0.25, -0.2) is 18.4 Å². The molecule has 45 heavy (non-hydrogen) atoms. The molecule has 1 aliphatic heterocycles. The predicted octanol–water partition coefficient (Wildman–Crippen LogP) is 7.15. The van der Waals surface area contributed by atoms with Crippen molar-refractivity contribution in [2.24, 2.45) is 0 Å². The lowest BCUT2D eigenvalue weighted by Crippen LogP contribution is -2.38. The van der Waals surface area contributed by atoms with Crippen LogP contribution in [0.15, 0.2) is 85.1 Å². The van der Waals surface area contributed by atoms with Gasteiger partial charge in [-0.15, -0.1) is 12.4 Å². The number of benzene rings is 5. The molecule has 0 unspecified atom stereocenters. The van der Waals surface area contributed by atoms with E-state index >= 15 is 0 Å². The van der Waals surface area contributed by atoms with E-state index < -0.39 is 23.6 Å². The smallest absolute Gasteiger partial charge is 0.343 e. The van der Waals surface area contributed by atoms with Crippen molar-refractivity contribution in [3.8, 4) is 23.0 Å². The molecule has 0 radical (unpaired) electrons. The topological polar surface area (TPSA) is 74.9 Å². The maximum Gasteiger partial charge on any atom is 0.343 e. The molecular formula is C35H25ClF2NO6+. The third-order valence-electron chi connectivity index (χ3n) is 7.90. The summed E-state index contributed by atoms with van der Waals surface area (Å²) in [5.41, 5.74) is 2.06. The molecule has 0 fully saturated rings. The van der Waals surface area contributed by atoms with Crippen LogP contribution in [0, 0.1) is 11.6 Å². The first-order valence-corrected chi connectivity index (χ1v) is 13.8. The van der Waals surface area contributed by atoms with E-state index in [9.17, 15) is 18.4 Å². The number of hydrogen-bond donors (Lipinski definition) is 0. The largest absolute Gasteiger partial charge is 0.493 e. The van der Waals surface area contributed by atoms with Gasteiger partial charge in [-0.1, -0.05) is 0 Å². The molecule has 0 saturated heterocycles. The Labute approximate surface area is 261 Å². The van der Waals surface area contributed by atoms with E-state index in [1.807, 2.05) is 30.5 Å². The van der Waals surface area contributed by atoms with Gasteiger partial charge in [-0.05, 0) is 84.4 Å². The maximum atomic E-state index is 13.6. The Morgan fingerprint density at radius 3 is 1.89 bits per heavy atom. The van der Waals surface area contributed by atoms with Crippen LogP contribution in [-0.4, -0.2) is 26.2 Å². The van der Waals surface area contributed by atoms with Crippen molar-refractivity contribution in [2.45, 2.75) is 13.0 Å². The van der Waals surface area contributed by atoms with E-state index in [1.165, 1.54) is 24.3 Å². The van der Waals surface area contributed by atoms with E-state index in [-0.39, 0.29) is 35.0 Å². The lowest BCUT2D eigenvalue weighted by molar-refractivity contribution is -0.670. The number of carbonyl (C=O) groups excluding carboxylic acids is 2. The van der Waals surface area contributed by atoms with Gasteiger partial charge in [0.1, 0.15) is 11.6 Å². The van der Waals surface area contributed by atoms with Gasteiger partial charge in [0.05, 0.1) is 41.5 Å². The number of methoxy groups -OCH3 is 2. The van der Waals surface area contributed by atoms with Gasteiger partial charge >= 0.3 is 11.9 Å². The summed E-state index contributed by atoms with van der Waals surface area (Å²) in [6.07, 6.45) is 2.62. The molecule has 0 amide bonds. The highest BCUT2D eigenvalue weighted by Gasteiger charge is 2.30. The Bertz CT molecular complexity index is 2150. The minimum Gasteiger partial charge on any atom is -0.493 e. The summed E-state index contributed by atoms with van der Waals surface area (Å²) in [5.74, 6) is -1.16. The Hall–Kier alpha value is -5.28. The SMILES string of the molecule is COc1ccc2c(c[n+]3c4c2ccc2c(OC(=O)c5ccc(F)cc5)c(OC(=O)c5ccc(F)cc5)cc(c24)CC3)c1OC.Cl. The van der Waals surface area contributed by atoms with E-state index in [4.69, 9.17) is 18.9 Å². The molecule has 1 aliphatic rings. The molecule has 0 aliphatic carbocycles. The zero-order valence-electron chi connectivity index (χ0n) is 24.1. The van der Waals surface area contributed by atoms with Crippen LogP contribution in [0.4, 0.5) is 8.78 Å². The summed E-state index contributed by atoms with van der Waals surface area (Å²) in [5, 5.41) is 4.17.